The van der Waals surface area contributed by atoms with E-state index >= 15 is 0 Å². The SMILES string of the molecule is CC(C)(Oc1ccccc1)C1OCC(C/C=C\CCC(=O)O)C(c2ccccc2O)O1. The van der Waals surface area contributed by atoms with E-state index in [4.69, 9.17) is 19.3 Å². The summed E-state index contributed by atoms with van der Waals surface area (Å²) in [6, 6.07) is 16.7. The van der Waals surface area contributed by atoms with Crippen LogP contribution in [-0.4, -0.2) is 34.7 Å². The van der Waals surface area contributed by atoms with E-state index in [1.165, 1.54) is 0 Å². The predicted molar refractivity (Wildman–Crippen MR) is 117 cm³/mol. The molecule has 2 N–H and O–H groups in total. The molecule has 0 saturated carbocycles. The van der Waals surface area contributed by atoms with Gasteiger partial charge in [-0.3, -0.25) is 4.79 Å². The first-order valence-electron chi connectivity index (χ1n) is 10.5. The number of hydrogen-bond donors (Lipinski definition) is 2. The average Bonchev–Trinajstić information content (AvgIpc) is 2.74. The number of benzene rings is 2. The van der Waals surface area contributed by atoms with Gasteiger partial charge in [0.2, 0.25) is 0 Å². The standard InChI is InChI=1S/C25H30O6/c1-25(2,31-19-12-6-4-7-13-19)24-29-17-18(11-5-3-8-16-22(27)28)23(30-24)20-14-9-10-15-21(20)26/h3-7,9-10,12-15,18,23-24,26H,8,11,16-17H2,1-2H3,(H,27,28)/b5-3-. The third-order valence-electron chi connectivity index (χ3n) is 5.23. The van der Waals surface area contributed by atoms with Crippen molar-refractivity contribution >= 4 is 5.97 Å². The zero-order valence-corrected chi connectivity index (χ0v) is 17.9. The molecular weight excluding hydrogens is 396 g/mol. The molecule has 0 bridgehead atoms. The fourth-order valence-electron chi connectivity index (χ4n) is 3.63. The minimum absolute atomic E-state index is 0.0295. The van der Waals surface area contributed by atoms with E-state index in [0.717, 1.165) is 5.75 Å². The molecule has 6 heteroatoms. The third-order valence-corrected chi connectivity index (χ3v) is 5.23. The highest BCUT2D eigenvalue weighted by atomic mass is 16.7. The Morgan fingerprint density at radius 1 is 1.13 bits per heavy atom. The van der Waals surface area contributed by atoms with Crippen LogP contribution in [0.4, 0.5) is 0 Å². The van der Waals surface area contributed by atoms with Crippen molar-refractivity contribution in [3.05, 3.63) is 72.3 Å². The van der Waals surface area contributed by atoms with Crippen molar-refractivity contribution in [3.8, 4) is 11.5 Å². The first kappa shape index (κ1) is 22.8. The maximum absolute atomic E-state index is 10.7. The molecular formula is C25H30O6. The van der Waals surface area contributed by atoms with Crippen LogP contribution >= 0.6 is 0 Å². The third kappa shape index (κ3) is 6.32. The van der Waals surface area contributed by atoms with E-state index in [0.29, 0.717) is 25.0 Å². The van der Waals surface area contributed by atoms with Crippen molar-refractivity contribution in [2.75, 3.05) is 6.61 Å². The summed E-state index contributed by atoms with van der Waals surface area (Å²) < 4.78 is 18.6. The molecule has 1 aliphatic heterocycles. The minimum Gasteiger partial charge on any atom is -0.508 e. The van der Waals surface area contributed by atoms with Gasteiger partial charge in [-0.2, -0.15) is 0 Å². The number of hydrogen-bond acceptors (Lipinski definition) is 5. The van der Waals surface area contributed by atoms with E-state index in [1.54, 1.807) is 12.1 Å². The number of aromatic hydroxyl groups is 1. The number of phenols is 1. The Bertz CT molecular complexity index is 877. The molecule has 0 aliphatic carbocycles. The van der Waals surface area contributed by atoms with Gasteiger partial charge in [0, 0.05) is 17.9 Å². The Kier molecular flexibility index (Phi) is 7.71. The smallest absolute Gasteiger partial charge is 0.303 e. The Labute approximate surface area is 183 Å². The summed E-state index contributed by atoms with van der Waals surface area (Å²) in [5.74, 6) is 0.0554. The second-order valence-electron chi connectivity index (χ2n) is 8.20. The van der Waals surface area contributed by atoms with Gasteiger partial charge in [-0.1, -0.05) is 48.6 Å². The van der Waals surface area contributed by atoms with E-state index < -0.39 is 17.9 Å². The number of para-hydroxylation sites is 2. The lowest BCUT2D eigenvalue weighted by Gasteiger charge is -2.43. The summed E-state index contributed by atoms with van der Waals surface area (Å²) in [5.41, 5.74) is -0.0537. The van der Waals surface area contributed by atoms with Crippen molar-refractivity contribution < 1.29 is 29.2 Å². The molecule has 2 aromatic carbocycles. The molecule has 0 spiro atoms. The van der Waals surface area contributed by atoms with Gasteiger partial charge in [0.15, 0.2) is 11.9 Å². The summed E-state index contributed by atoms with van der Waals surface area (Å²) in [6.45, 7) is 4.26. The number of carboxylic acids is 1. The first-order chi connectivity index (χ1) is 14.9. The van der Waals surface area contributed by atoms with Gasteiger partial charge in [0.1, 0.15) is 11.5 Å². The molecule has 0 radical (unpaired) electrons. The maximum atomic E-state index is 10.7. The molecule has 3 rings (SSSR count). The van der Waals surface area contributed by atoms with Gasteiger partial charge < -0.3 is 24.4 Å². The molecule has 0 aromatic heterocycles. The van der Waals surface area contributed by atoms with Gasteiger partial charge >= 0.3 is 5.97 Å². The molecule has 3 atom stereocenters. The summed E-state index contributed by atoms with van der Waals surface area (Å²) in [4.78, 5) is 10.7. The van der Waals surface area contributed by atoms with Gasteiger partial charge in [0.25, 0.3) is 0 Å². The Balaban J connectivity index is 1.74. The second kappa shape index (κ2) is 10.5. The van der Waals surface area contributed by atoms with Gasteiger partial charge in [0.05, 0.1) is 12.7 Å². The molecule has 31 heavy (non-hydrogen) atoms. The normalized spacial score (nSPS) is 21.8. The number of ether oxygens (including phenoxy) is 3. The van der Waals surface area contributed by atoms with Crippen LogP contribution in [0.1, 0.15) is 44.8 Å². The van der Waals surface area contributed by atoms with Gasteiger partial charge in [-0.15, -0.1) is 0 Å². The maximum Gasteiger partial charge on any atom is 0.303 e. The predicted octanol–water partition coefficient (Wildman–Crippen LogP) is 5.09. The monoisotopic (exact) mass is 426 g/mol. The van der Waals surface area contributed by atoms with E-state index in [1.807, 2.05) is 68.5 Å². The fourth-order valence-corrected chi connectivity index (χ4v) is 3.63. The van der Waals surface area contributed by atoms with Crippen LogP contribution in [0.5, 0.6) is 11.5 Å². The average molecular weight is 427 g/mol. The topological polar surface area (TPSA) is 85.2 Å². The van der Waals surface area contributed by atoms with Crippen molar-refractivity contribution in [3.63, 3.8) is 0 Å². The van der Waals surface area contributed by atoms with Crippen LogP contribution in [0.2, 0.25) is 0 Å². The summed E-state index contributed by atoms with van der Waals surface area (Å²) in [5, 5.41) is 19.2. The molecule has 1 fully saturated rings. The highest BCUT2D eigenvalue weighted by Crippen LogP contribution is 2.41. The Morgan fingerprint density at radius 3 is 2.55 bits per heavy atom. The summed E-state index contributed by atoms with van der Waals surface area (Å²) in [7, 11) is 0. The lowest BCUT2D eigenvalue weighted by molar-refractivity contribution is -0.288. The van der Waals surface area contributed by atoms with Crippen LogP contribution in [0, 0.1) is 5.92 Å². The molecule has 6 nitrogen and oxygen atoms in total. The second-order valence-corrected chi connectivity index (χ2v) is 8.20. The number of rotatable bonds is 9. The molecule has 166 valence electrons. The summed E-state index contributed by atoms with van der Waals surface area (Å²) in [6.07, 6.45) is 4.03. The molecule has 1 heterocycles. The highest BCUT2D eigenvalue weighted by molar-refractivity contribution is 5.66. The lowest BCUT2D eigenvalue weighted by atomic mass is 9.90. The fraction of sp³-hybridized carbons (Fsp3) is 0.400. The molecule has 0 amide bonds. The number of carbonyl (C=O) groups is 1. The van der Waals surface area contributed by atoms with Crippen molar-refractivity contribution in [1.29, 1.82) is 0 Å². The first-order valence-corrected chi connectivity index (χ1v) is 10.5. The van der Waals surface area contributed by atoms with Crippen molar-refractivity contribution in [2.45, 2.75) is 51.1 Å². The zero-order chi connectivity index (χ0) is 22.3. The number of phenolic OH excluding ortho intramolecular Hbond substituents is 1. The summed E-state index contributed by atoms with van der Waals surface area (Å²) >= 11 is 0. The lowest BCUT2D eigenvalue weighted by Crippen LogP contribution is -2.50. The van der Waals surface area contributed by atoms with Gasteiger partial charge in [-0.25, -0.2) is 0 Å². The quantitative estimate of drug-likeness (QED) is 0.543. The van der Waals surface area contributed by atoms with E-state index in [2.05, 4.69) is 0 Å². The largest absolute Gasteiger partial charge is 0.508 e. The van der Waals surface area contributed by atoms with Crippen LogP contribution in [-0.2, 0) is 14.3 Å². The van der Waals surface area contributed by atoms with Crippen LogP contribution in [0.3, 0.4) is 0 Å². The number of aliphatic carboxylic acids is 1. The van der Waals surface area contributed by atoms with E-state index in [9.17, 15) is 9.90 Å². The number of allylic oxidation sites excluding steroid dienone is 2. The van der Waals surface area contributed by atoms with Crippen LogP contribution < -0.4 is 4.74 Å². The molecule has 3 unspecified atom stereocenters. The molecule has 1 aliphatic rings. The molecule has 2 aromatic rings. The Hall–Kier alpha value is -2.83. The van der Waals surface area contributed by atoms with Crippen LogP contribution in [0.25, 0.3) is 0 Å². The Morgan fingerprint density at radius 2 is 1.84 bits per heavy atom. The number of carboxylic acid groups (broad SMARTS) is 1. The molecule has 1 saturated heterocycles. The van der Waals surface area contributed by atoms with Gasteiger partial charge in [-0.05, 0) is 44.9 Å². The van der Waals surface area contributed by atoms with Crippen molar-refractivity contribution in [2.24, 2.45) is 5.92 Å². The zero-order valence-electron chi connectivity index (χ0n) is 17.9. The van der Waals surface area contributed by atoms with E-state index in [-0.39, 0.29) is 24.2 Å². The highest BCUT2D eigenvalue weighted by Gasteiger charge is 2.42. The minimum atomic E-state index is -0.815. The van der Waals surface area contributed by atoms with Crippen LogP contribution in [0.15, 0.2) is 66.7 Å². The van der Waals surface area contributed by atoms with Crippen molar-refractivity contribution in [1.82, 2.24) is 0 Å².